The molecule has 0 aliphatic carbocycles. The van der Waals surface area contributed by atoms with Crippen LogP contribution in [0.2, 0.25) is 5.02 Å². The number of amides is 2. The molecule has 0 spiro atoms. The van der Waals surface area contributed by atoms with E-state index in [0.29, 0.717) is 29.5 Å². The lowest BCUT2D eigenvalue weighted by Crippen LogP contribution is -2.39. The number of hydrogen-bond acceptors (Lipinski definition) is 3. The van der Waals surface area contributed by atoms with Gasteiger partial charge in [0.1, 0.15) is 0 Å². The summed E-state index contributed by atoms with van der Waals surface area (Å²) in [6, 6.07) is 7.20. The van der Waals surface area contributed by atoms with Crippen molar-refractivity contribution in [2.45, 2.75) is 46.0 Å². The minimum atomic E-state index is 0.000786. The monoisotopic (exact) mass is 444 g/mol. The van der Waals surface area contributed by atoms with E-state index in [-0.39, 0.29) is 11.8 Å². The highest BCUT2D eigenvalue weighted by molar-refractivity contribution is 6.33. The molecule has 0 bridgehead atoms. The third-order valence-corrected chi connectivity index (χ3v) is 6.88. The Bertz CT molecular complexity index is 932. The molecule has 7 heteroatoms. The Morgan fingerprint density at radius 3 is 2.48 bits per heavy atom. The molecule has 0 atom stereocenters. The van der Waals surface area contributed by atoms with E-state index in [2.05, 4.69) is 12.0 Å². The summed E-state index contributed by atoms with van der Waals surface area (Å²) in [5.74, 6) is 0.671. The predicted molar refractivity (Wildman–Crippen MR) is 123 cm³/mol. The summed E-state index contributed by atoms with van der Waals surface area (Å²) in [4.78, 5) is 29.0. The number of rotatable bonds is 7. The zero-order chi connectivity index (χ0) is 22.5. The fourth-order valence-electron chi connectivity index (χ4n) is 4.33. The van der Waals surface area contributed by atoms with Gasteiger partial charge in [0, 0.05) is 45.8 Å². The number of aryl methyl sites for hydroxylation is 2. The maximum atomic E-state index is 12.7. The number of piperidine rings is 1. The Hall–Kier alpha value is -2.34. The Balaban J connectivity index is 1.41. The minimum Gasteiger partial charge on any atom is -0.345 e. The van der Waals surface area contributed by atoms with Gasteiger partial charge in [-0.2, -0.15) is 5.10 Å². The third kappa shape index (κ3) is 5.67. The Morgan fingerprint density at radius 1 is 1.19 bits per heavy atom. The van der Waals surface area contributed by atoms with E-state index in [1.54, 1.807) is 12.1 Å². The number of aromatic nitrogens is 2. The second kappa shape index (κ2) is 10.3. The van der Waals surface area contributed by atoms with E-state index in [9.17, 15) is 9.59 Å². The maximum absolute atomic E-state index is 12.7. The molecule has 1 aliphatic rings. The summed E-state index contributed by atoms with van der Waals surface area (Å²) < 4.78 is 1.90. The average Bonchev–Trinajstić information content (AvgIpc) is 3.01. The molecule has 1 aliphatic heterocycles. The number of hydrogen-bond donors (Lipinski definition) is 0. The van der Waals surface area contributed by atoms with Gasteiger partial charge in [0.15, 0.2) is 0 Å². The van der Waals surface area contributed by atoms with Crippen LogP contribution in [-0.2, 0) is 18.3 Å². The van der Waals surface area contributed by atoms with Crippen molar-refractivity contribution >= 4 is 23.4 Å². The van der Waals surface area contributed by atoms with Crippen LogP contribution in [-0.4, -0.2) is 58.1 Å². The largest absolute Gasteiger partial charge is 0.345 e. The SMILES string of the molecule is Cc1nn(C)c(C)c1CCN(C)C(=O)CCC1CCN(C(=O)c2ccccc2Cl)CC1. The minimum absolute atomic E-state index is 0.000786. The second-order valence-electron chi connectivity index (χ2n) is 8.59. The average molecular weight is 445 g/mol. The van der Waals surface area contributed by atoms with E-state index in [0.717, 1.165) is 50.2 Å². The van der Waals surface area contributed by atoms with Gasteiger partial charge >= 0.3 is 0 Å². The van der Waals surface area contributed by atoms with Gasteiger partial charge in [0.05, 0.1) is 16.3 Å². The van der Waals surface area contributed by atoms with Gasteiger partial charge in [-0.15, -0.1) is 0 Å². The number of benzene rings is 1. The Morgan fingerprint density at radius 2 is 1.87 bits per heavy atom. The van der Waals surface area contributed by atoms with Crippen molar-refractivity contribution in [1.82, 2.24) is 19.6 Å². The second-order valence-corrected chi connectivity index (χ2v) is 9.00. The lowest BCUT2D eigenvalue weighted by molar-refractivity contribution is -0.130. The van der Waals surface area contributed by atoms with Gasteiger partial charge in [-0.05, 0) is 63.1 Å². The lowest BCUT2D eigenvalue weighted by Gasteiger charge is -2.32. The molecule has 1 aromatic heterocycles. The first-order valence-corrected chi connectivity index (χ1v) is 11.4. The molecule has 168 valence electrons. The molecule has 0 N–H and O–H groups in total. The molecular weight excluding hydrogens is 412 g/mol. The fourth-order valence-corrected chi connectivity index (χ4v) is 4.55. The highest BCUT2D eigenvalue weighted by Crippen LogP contribution is 2.25. The molecular formula is C24H33ClN4O2. The summed E-state index contributed by atoms with van der Waals surface area (Å²) in [5, 5.41) is 4.95. The van der Waals surface area contributed by atoms with Crippen LogP contribution in [0.25, 0.3) is 0 Å². The van der Waals surface area contributed by atoms with Crippen LogP contribution in [0.5, 0.6) is 0 Å². The number of likely N-dealkylation sites (N-methyl/N-ethyl adjacent to an activating group) is 1. The summed E-state index contributed by atoms with van der Waals surface area (Å²) in [6.45, 7) is 6.24. The molecule has 0 radical (unpaired) electrons. The third-order valence-electron chi connectivity index (χ3n) is 6.55. The summed E-state index contributed by atoms with van der Waals surface area (Å²) in [6.07, 6.45) is 4.13. The van der Waals surface area contributed by atoms with Crippen molar-refractivity contribution in [1.29, 1.82) is 0 Å². The molecule has 3 rings (SSSR count). The fraction of sp³-hybridized carbons (Fsp3) is 0.542. The highest BCUT2D eigenvalue weighted by Gasteiger charge is 2.25. The maximum Gasteiger partial charge on any atom is 0.255 e. The standard InChI is InChI=1S/C24H33ClN4O2/c1-17-20(18(2)28(4)26-17)13-14-27(3)23(30)10-9-19-11-15-29(16-12-19)24(31)21-7-5-6-8-22(21)25/h5-8,19H,9-16H2,1-4H3. The van der Waals surface area contributed by atoms with Gasteiger partial charge in [-0.1, -0.05) is 23.7 Å². The van der Waals surface area contributed by atoms with Crippen molar-refractivity contribution < 1.29 is 9.59 Å². The molecule has 1 saturated heterocycles. The number of nitrogens with zero attached hydrogens (tertiary/aromatic N) is 4. The molecule has 1 fully saturated rings. The molecule has 31 heavy (non-hydrogen) atoms. The Labute approximate surface area is 190 Å². The van der Waals surface area contributed by atoms with Crippen LogP contribution in [0.15, 0.2) is 24.3 Å². The van der Waals surface area contributed by atoms with E-state index < -0.39 is 0 Å². The van der Waals surface area contributed by atoms with Gasteiger partial charge in [0.25, 0.3) is 5.91 Å². The van der Waals surface area contributed by atoms with Gasteiger partial charge < -0.3 is 9.80 Å². The topological polar surface area (TPSA) is 58.4 Å². The van der Waals surface area contributed by atoms with Crippen molar-refractivity contribution in [3.8, 4) is 0 Å². The van der Waals surface area contributed by atoms with Gasteiger partial charge in [-0.25, -0.2) is 0 Å². The van der Waals surface area contributed by atoms with Crippen LogP contribution in [0.1, 0.15) is 53.0 Å². The molecule has 0 unspecified atom stereocenters. The number of carbonyl (C=O) groups is 2. The van der Waals surface area contributed by atoms with E-state index in [4.69, 9.17) is 11.6 Å². The van der Waals surface area contributed by atoms with Crippen LogP contribution < -0.4 is 0 Å². The van der Waals surface area contributed by atoms with Crippen molar-refractivity contribution in [3.63, 3.8) is 0 Å². The number of carbonyl (C=O) groups excluding carboxylic acids is 2. The molecule has 2 aromatic rings. The summed E-state index contributed by atoms with van der Waals surface area (Å²) in [7, 11) is 3.84. The molecule has 6 nitrogen and oxygen atoms in total. The predicted octanol–water partition coefficient (Wildman–Crippen LogP) is 4.02. The van der Waals surface area contributed by atoms with E-state index >= 15 is 0 Å². The molecule has 0 saturated carbocycles. The summed E-state index contributed by atoms with van der Waals surface area (Å²) in [5.41, 5.74) is 4.01. The zero-order valence-corrected chi connectivity index (χ0v) is 19.8. The van der Waals surface area contributed by atoms with E-state index in [1.807, 2.05) is 47.6 Å². The lowest BCUT2D eigenvalue weighted by atomic mass is 9.91. The molecule has 1 aromatic carbocycles. The first-order valence-electron chi connectivity index (χ1n) is 11.0. The van der Waals surface area contributed by atoms with Crippen LogP contribution in [0.4, 0.5) is 0 Å². The van der Waals surface area contributed by atoms with Crippen molar-refractivity contribution in [2.75, 3.05) is 26.7 Å². The van der Waals surface area contributed by atoms with Gasteiger partial charge in [0.2, 0.25) is 5.91 Å². The van der Waals surface area contributed by atoms with Crippen molar-refractivity contribution in [2.24, 2.45) is 13.0 Å². The molecule has 2 heterocycles. The smallest absolute Gasteiger partial charge is 0.255 e. The zero-order valence-electron chi connectivity index (χ0n) is 19.0. The van der Waals surface area contributed by atoms with Crippen molar-refractivity contribution in [3.05, 3.63) is 51.8 Å². The van der Waals surface area contributed by atoms with Crippen LogP contribution in [0.3, 0.4) is 0 Å². The van der Waals surface area contributed by atoms with Gasteiger partial charge in [-0.3, -0.25) is 14.3 Å². The first kappa shape index (κ1) is 23.3. The quantitative estimate of drug-likeness (QED) is 0.647. The van der Waals surface area contributed by atoms with Crippen LogP contribution >= 0.6 is 11.6 Å². The highest BCUT2D eigenvalue weighted by atomic mass is 35.5. The number of likely N-dealkylation sites (tertiary alicyclic amines) is 1. The number of halogens is 1. The normalized spacial score (nSPS) is 14.7. The first-order chi connectivity index (χ1) is 14.8. The summed E-state index contributed by atoms with van der Waals surface area (Å²) >= 11 is 6.17. The molecule has 2 amide bonds. The van der Waals surface area contributed by atoms with Crippen LogP contribution in [0, 0.1) is 19.8 Å². The van der Waals surface area contributed by atoms with E-state index in [1.165, 1.54) is 5.56 Å². The Kier molecular flexibility index (Phi) is 7.76.